The number of urea groups is 1. The average Bonchev–Trinajstić information content (AvgIpc) is 2.67. The van der Waals surface area contributed by atoms with E-state index in [1.807, 2.05) is 12.1 Å². The van der Waals surface area contributed by atoms with Gasteiger partial charge >= 0.3 is 6.03 Å². The molecule has 3 aromatic rings. The number of hydrogen-bond acceptors (Lipinski definition) is 3. The lowest BCUT2D eigenvalue weighted by atomic mass is 10.2. The Hall–Kier alpha value is -3.74. The van der Waals surface area contributed by atoms with Crippen molar-refractivity contribution in [2.24, 2.45) is 0 Å². The molecule has 3 rings (SSSR count). The number of carbonyl (C=O) groups is 2. The molecular formula is C20H17FN4O2. The number of halogens is 1. The monoisotopic (exact) mass is 364 g/mol. The van der Waals surface area contributed by atoms with Crippen LogP contribution in [0.25, 0.3) is 0 Å². The van der Waals surface area contributed by atoms with Gasteiger partial charge in [0.1, 0.15) is 5.82 Å². The van der Waals surface area contributed by atoms with Gasteiger partial charge < -0.3 is 16.0 Å². The quantitative estimate of drug-likeness (QED) is 0.644. The largest absolute Gasteiger partial charge is 0.334 e. The van der Waals surface area contributed by atoms with Crippen LogP contribution in [0.2, 0.25) is 0 Å². The first-order valence-corrected chi connectivity index (χ1v) is 8.21. The van der Waals surface area contributed by atoms with E-state index in [0.717, 1.165) is 11.6 Å². The standard InChI is InChI=1S/C20H17FN4O2/c21-16-4-1-3-15(11-16)19(26)24-17-5-2-6-18(12-17)25-20(27)23-13-14-7-9-22-10-8-14/h1-12H,13H2,(H,24,26)(H2,23,25,27). The van der Waals surface area contributed by atoms with E-state index in [0.29, 0.717) is 17.9 Å². The lowest BCUT2D eigenvalue weighted by molar-refractivity contribution is 0.102. The average molecular weight is 364 g/mol. The molecule has 0 radical (unpaired) electrons. The van der Waals surface area contributed by atoms with Crippen molar-refractivity contribution in [2.45, 2.75) is 6.54 Å². The maximum atomic E-state index is 13.2. The maximum absolute atomic E-state index is 13.2. The predicted molar refractivity (Wildman–Crippen MR) is 101 cm³/mol. The van der Waals surface area contributed by atoms with Crippen molar-refractivity contribution in [3.05, 3.63) is 90.0 Å². The molecule has 27 heavy (non-hydrogen) atoms. The van der Waals surface area contributed by atoms with Gasteiger partial charge in [0, 0.05) is 35.9 Å². The van der Waals surface area contributed by atoms with Crippen LogP contribution in [0.5, 0.6) is 0 Å². The molecule has 1 aromatic heterocycles. The van der Waals surface area contributed by atoms with Gasteiger partial charge in [-0.1, -0.05) is 12.1 Å². The van der Waals surface area contributed by atoms with Gasteiger partial charge in [-0.2, -0.15) is 0 Å². The molecule has 1 heterocycles. The van der Waals surface area contributed by atoms with Gasteiger partial charge in [0.05, 0.1) is 0 Å². The van der Waals surface area contributed by atoms with Crippen LogP contribution in [0.15, 0.2) is 73.1 Å². The molecule has 3 N–H and O–H groups in total. The van der Waals surface area contributed by atoms with Crippen molar-refractivity contribution in [3.63, 3.8) is 0 Å². The fourth-order valence-electron chi connectivity index (χ4n) is 2.37. The molecule has 6 nitrogen and oxygen atoms in total. The molecule has 0 unspecified atom stereocenters. The van der Waals surface area contributed by atoms with Crippen molar-refractivity contribution in [1.29, 1.82) is 0 Å². The normalized spacial score (nSPS) is 10.1. The minimum atomic E-state index is -0.482. The molecule has 0 atom stereocenters. The predicted octanol–water partition coefficient (Wildman–Crippen LogP) is 3.79. The van der Waals surface area contributed by atoms with Crippen LogP contribution in [0.1, 0.15) is 15.9 Å². The zero-order valence-corrected chi connectivity index (χ0v) is 14.3. The highest BCUT2D eigenvalue weighted by atomic mass is 19.1. The van der Waals surface area contributed by atoms with E-state index >= 15 is 0 Å². The lowest BCUT2D eigenvalue weighted by Gasteiger charge is -2.10. The van der Waals surface area contributed by atoms with Crippen molar-refractivity contribution in [3.8, 4) is 0 Å². The SMILES string of the molecule is O=C(NCc1ccncc1)Nc1cccc(NC(=O)c2cccc(F)c2)c1. The molecular weight excluding hydrogens is 347 g/mol. The van der Waals surface area contributed by atoms with Crippen molar-refractivity contribution >= 4 is 23.3 Å². The van der Waals surface area contributed by atoms with E-state index in [9.17, 15) is 14.0 Å². The third kappa shape index (κ3) is 5.37. The summed E-state index contributed by atoms with van der Waals surface area (Å²) < 4.78 is 13.2. The van der Waals surface area contributed by atoms with E-state index in [-0.39, 0.29) is 11.6 Å². The number of nitrogens with one attached hydrogen (secondary N) is 3. The first kappa shape index (κ1) is 18.1. The second-order valence-corrected chi connectivity index (χ2v) is 5.71. The number of benzene rings is 2. The second-order valence-electron chi connectivity index (χ2n) is 5.71. The van der Waals surface area contributed by atoms with Crippen LogP contribution in [0.3, 0.4) is 0 Å². The molecule has 0 aliphatic rings. The van der Waals surface area contributed by atoms with Gasteiger partial charge in [-0.15, -0.1) is 0 Å². The van der Waals surface area contributed by atoms with E-state index in [1.54, 1.807) is 36.7 Å². The minimum Gasteiger partial charge on any atom is -0.334 e. The van der Waals surface area contributed by atoms with Crippen molar-refractivity contribution in [2.75, 3.05) is 10.6 Å². The van der Waals surface area contributed by atoms with Gasteiger partial charge in [0.2, 0.25) is 0 Å². The van der Waals surface area contributed by atoms with Gasteiger partial charge in [0.15, 0.2) is 0 Å². The van der Waals surface area contributed by atoms with E-state index in [1.165, 1.54) is 18.2 Å². The summed E-state index contributed by atoms with van der Waals surface area (Å²) in [6.07, 6.45) is 3.30. The minimum absolute atomic E-state index is 0.212. The van der Waals surface area contributed by atoms with E-state index in [4.69, 9.17) is 0 Å². The topological polar surface area (TPSA) is 83.1 Å². The van der Waals surface area contributed by atoms with Crippen LogP contribution in [-0.4, -0.2) is 16.9 Å². The molecule has 7 heteroatoms. The van der Waals surface area contributed by atoms with Gasteiger partial charge in [0.25, 0.3) is 5.91 Å². The van der Waals surface area contributed by atoms with E-state index in [2.05, 4.69) is 20.9 Å². The van der Waals surface area contributed by atoms with Crippen LogP contribution in [-0.2, 0) is 6.54 Å². The fourth-order valence-corrected chi connectivity index (χ4v) is 2.37. The third-order valence-electron chi connectivity index (χ3n) is 3.67. The smallest absolute Gasteiger partial charge is 0.319 e. The van der Waals surface area contributed by atoms with Crippen LogP contribution in [0.4, 0.5) is 20.6 Å². The summed E-state index contributed by atoms with van der Waals surface area (Å²) in [5.74, 6) is -0.919. The molecule has 0 saturated carbocycles. The summed E-state index contributed by atoms with van der Waals surface area (Å²) in [4.78, 5) is 28.1. The Balaban J connectivity index is 1.58. The molecule has 136 valence electrons. The Morgan fingerprint density at radius 1 is 0.889 bits per heavy atom. The van der Waals surface area contributed by atoms with Gasteiger partial charge in [-0.25, -0.2) is 9.18 Å². The Bertz CT molecular complexity index is 947. The molecule has 0 aliphatic carbocycles. The summed E-state index contributed by atoms with van der Waals surface area (Å²) in [5, 5.41) is 8.10. The van der Waals surface area contributed by atoms with Crippen LogP contribution < -0.4 is 16.0 Å². The number of carbonyl (C=O) groups excluding carboxylic acids is 2. The zero-order chi connectivity index (χ0) is 19.1. The molecule has 0 fully saturated rings. The zero-order valence-electron chi connectivity index (χ0n) is 14.3. The summed E-state index contributed by atoms with van der Waals surface area (Å²) in [6.45, 7) is 0.365. The molecule has 0 bridgehead atoms. The number of aromatic nitrogens is 1. The first-order valence-electron chi connectivity index (χ1n) is 8.21. The fraction of sp³-hybridized carbons (Fsp3) is 0.0500. The maximum Gasteiger partial charge on any atom is 0.319 e. The highest BCUT2D eigenvalue weighted by Crippen LogP contribution is 2.16. The van der Waals surface area contributed by atoms with Crippen LogP contribution >= 0.6 is 0 Å². The van der Waals surface area contributed by atoms with E-state index < -0.39 is 11.7 Å². The second kappa shape index (κ2) is 8.57. The van der Waals surface area contributed by atoms with Crippen LogP contribution in [0, 0.1) is 5.82 Å². The number of pyridine rings is 1. The number of amides is 3. The molecule has 3 amide bonds. The number of rotatable bonds is 5. The molecule has 2 aromatic carbocycles. The Morgan fingerprint density at radius 2 is 1.59 bits per heavy atom. The summed E-state index contributed by atoms with van der Waals surface area (Å²) in [6, 6.07) is 15.3. The number of hydrogen-bond donors (Lipinski definition) is 3. The van der Waals surface area contributed by atoms with Crippen molar-refractivity contribution in [1.82, 2.24) is 10.3 Å². The van der Waals surface area contributed by atoms with Crippen molar-refractivity contribution < 1.29 is 14.0 Å². The van der Waals surface area contributed by atoms with Gasteiger partial charge in [-0.05, 0) is 54.1 Å². The lowest BCUT2D eigenvalue weighted by Crippen LogP contribution is -2.28. The molecule has 0 aliphatic heterocycles. The highest BCUT2D eigenvalue weighted by molar-refractivity contribution is 6.04. The summed E-state index contributed by atoms with van der Waals surface area (Å²) in [7, 11) is 0. The first-order chi connectivity index (χ1) is 13.1. The summed E-state index contributed by atoms with van der Waals surface area (Å²) in [5.41, 5.74) is 2.13. The number of nitrogens with zero attached hydrogens (tertiary/aromatic N) is 1. The third-order valence-corrected chi connectivity index (χ3v) is 3.67. The van der Waals surface area contributed by atoms with Gasteiger partial charge in [-0.3, -0.25) is 9.78 Å². The Labute approximate surface area is 155 Å². The highest BCUT2D eigenvalue weighted by Gasteiger charge is 2.08. The number of anilines is 2. The Kier molecular flexibility index (Phi) is 5.73. The molecule has 0 spiro atoms. The molecule has 0 saturated heterocycles. The Morgan fingerprint density at radius 3 is 2.33 bits per heavy atom. The summed E-state index contributed by atoms with van der Waals surface area (Å²) >= 11 is 0.